The van der Waals surface area contributed by atoms with Gasteiger partial charge in [-0.3, -0.25) is 0 Å². The zero-order valence-electron chi connectivity index (χ0n) is 8.34. The Balaban J connectivity index is 2.61. The first kappa shape index (κ1) is 10.4. The molecule has 0 unspecified atom stereocenters. The Hall–Kier alpha value is -2.14. The number of hydrogen-bond donors (Lipinski definition) is 3. The SMILES string of the molecule is O=C(O)/C=C/c1c(CO)ccc2[nH]cnc12. The number of carboxylic acids is 1. The van der Waals surface area contributed by atoms with E-state index in [1.807, 2.05) is 0 Å². The molecular weight excluding hydrogens is 208 g/mol. The zero-order chi connectivity index (χ0) is 11.5. The Morgan fingerprint density at radius 3 is 3.00 bits per heavy atom. The number of benzene rings is 1. The van der Waals surface area contributed by atoms with E-state index in [0.29, 0.717) is 16.6 Å². The minimum atomic E-state index is -1.03. The van der Waals surface area contributed by atoms with E-state index in [-0.39, 0.29) is 6.61 Å². The monoisotopic (exact) mass is 218 g/mol. The van der Waals surface area contributed by atoms with Crippen molar-refractivity contribution >= 4 is 23.1 Å². The second-order valence-corrected chi connectivity index (χ2v) is 3.27. The number of aliphatic carboxylic acids is 1. The Labute approximate surface area is 91.1 Å². The highest BCUT2D eigenvalue weighted by atomic mass is 16.4. The molecule has 82 valence electrons. The molecule has 16 heavy (non-hydrogen) atoms. The quantitative estimate of drug-likeness (QED) is 0.674. The fourth-order valence-corrected chi connectivity index (χ4v) is 1.55. The predicted octanol–water partition coefficient (Wildman–Crippen LogP) is 1.15. The van der Waals surface area contributed by atoms with Gasteiger partial charge in [0.2, 0.25) is 0 Å². The van der Waals surface area contributed by atoms with Gasteiger partial charge in [0, 0.05) is 11.6 Å². The summed E-state index contributed by atoms with van der Waals surface area (Å²) >= 11 is 0. The Bertz CT molecular complexity index is 557. The van der Waals surface area contributed by atoms with Gasteiger partial charge in [0.1, 0.15) is 0 Å². The smallest absolute Gasteiger partial charge is 0.328 e. The zero-order valence-corrected chi connectivity index (χ0v) is 8.34. The molecule has 3 N–H and O–H groups in total. The summed E-state index contributed by atoms with van der Waals surface area (Å²) in [6.45, 7) is -0.151. The Morgan fingerprint density at radius 2 is 2.31 bits per heavy atom. The average molecular weight is 218 g/mol. The molecule has 0 aliphatic heterocycles. The molecule has 1 aromatic heterocycles. The van der Waals surface area contributed by atoms with E-state index in [1.165, 1.54) is 12.4 Å². The van der Waals surface area contributed by atoms with Crippen LogP contribution in [0.2, 0.25) is 0 Å². The van der Waals surface area contributed by atoms with Crippen LogP contribution in [0.15, 0.2) is 24.5 Å². The second-order valence-electron chi connectivity index (χ2n) is 3.27. The number of nitrogens with zero attached hydrogens (tertiary/aromatic N) is 1. The van der Waals surface area contributed by atoms with Crippen LogP contribution >= 0.6 is 0 Å². The maximum absolute atomic E-state index is 10.5. The molecule has 0 spiro atoms. The van der Waals surface area contributed by atoms with Crippen LogP contribution in [0.3, 0.4) is 0 Å². The minimum Gasteiger partial charge on any atom is -0.478 e. The van der Waals surface area contributed by atoms with E-state index >= 15 is 0 Å². The molecule has 0 amide bonds. The lowest BCUT2D eigenvalue weighted by Gasteiger charge is -2.02. The van der Waals surface area contributed by atoms with Gasteiger partial charge in [-0.1, -0.05) is 6.07 Å². The largest absolute Gasteiger partial charge is 0.478 e. The number of nitrogens with one attached hydrogen (secondary N) is 1. The van der Waals surface area contributed by atoms with Gasteiger partial charge in [0.05, 0.1) is 24.0 Å². The van der Waals surface area contributed by atoms with Crippen LogP contribution in [0, 0.1) is 0 Å². The highest BCUT2D eigenvalue weighted by molar-refractivity contribution is 5.92. The van der Waals surface area contributed by atoms with Crippen molar-refractivity contribution in [2.75, 3.05) is 0 Å². The van der Waals surface area contributed by atoms with Crippen LogP contribution in [-0.2, 0) is 11.4 Å². The second kappa shape index (κ2) is 4.16. The van der Waals surface area contributed by atoms with E-state index in [1.54, 1.807) is 12.1 Å². The van der Waals surface area contributed by atoms with Gasteiger partial charge in [-0.2, -0.15) is 0 Å². The van der Waals surface area contributed by atoms with Crippen LogP contribution in [-0.4, -0.2) is 26.2 Å². The van der Waals surface area contributed by atoms with Crippen LogP contribution in [0.1, 0.15) is 11.1 Å². The molecule has 0 aliphatic carbocycles. The summed E-state index contributed by atoms with van der Waals surface area (Å²) < 4.78 is 0. The first-order valence-corrected chi connectivity index (χ1v) is 4.69. The number of aliphatic hydroxyl groups excluding tert-OH is 1. The molecular formula is C11H10N2O3. The standard InChI is InChI=1S/C11H10N2O3/c14-5-7-1-3-9-11(13-6-12-9)8(7)2-4-10(15)16/h1-4,6,14H,5H2,(H,12,13)(H,15,16)/b4-2+. The first-order valence-electron chi connectivity index (χ1n) is 4.69. The van der Waals surface area contributed by atoms with E-state index < -0.39 is 5.97 Å². The third-order valence-corrected chi connectivity index (χ3v) is 2.28. The number of imidazole rings is 1. The molecule has 1 aromatic carbocycles. The van der Waals surface area contributed by atoms with Crippen molar-refractivity contribution in [3.8, 4) is 0 Å². The van der Waals surface area contributed by atoms with Crippen molar-refractivity contribution in [2.24, 2.45) is 0 Å². The number of hydrogen-bond acceptors (Lipinski definition) is 3. The molecule has 5 heteroatoms. The van der Waals surface area contributed by atoms with Crippen LogP contribution in [0.4, 0.5) is 0 Å². The third-order valence-electron chi connectivity index (χ3n) is 2.28. The number of H-pyrrole nitrogens is 1. The molecule has 5 nitrogen and oxygen atoms in total. The molecule has 0 atom stereocenters. The van der Waals surface area contributed by atoms with Gasteiger partial charge in [-0.05, 0) is 17.7 Å². The summed E-state index contributed by atoms with van der Waals surface area (Å²) in [6.07, 6.45) is 4.00. The topological polar surface area (TPSA) is 86.2 Å². The molecule has 0 fully saturated rings. The van der Waals surface area contributed by atoms with Gasteiger partial charge in [0.25, 0.3) is 0 Å². The van der Waals surface area contributed by atoms with Gasteiger partial charge in [-0.15, -0.1) is 0 Å². The lowest BCUT2D eigenvalue weighted by Crippen LogP contribution is -1.92. The van der Waals surface area contributed by atoms with Gasteiger partial charge in [-0.25, -0.2) is 9.78 Å². The number of aromatic nitrogens is 2. The fourth-order valence-electron chi connectivity index (χ4n) is 1.55. The van der Waals surface area contributed by atoms with E-state index in [9.17, 15) is 4.79 Å². The summed E-state index contributed by atoms with van der Waals surface area (Å²) in [5, 5.41) is 17.7. The molecule has 2 aromatic rings. The van der Waals surface area contributed by atoms with Crippen molar-refractivity contribution in [1.29, 1.82) is 0 Å². The summed E-state index contributed by atoms with van der Waals surface area (Å²) in [7, 11) is 0. The number of rotatable bonds is 3. The lowest BCUT2D eigenvalue weighted by molar-refractivity contribution is -0.131. The van der Waals surface area contributed by atoms with Crippen molar-refractivity contribution in [3.63, 3.8) is 0 Å². The van der Waals surface area contributed by atoms with Crippen LogP contribution in [0.5, 0.6) is 0 Å². The molecule has 0 saturated heterocycles. The third kappa shape index (κ3) is 1.80. The predicted molar refractivity (Wildman–Crippen MR) is 58.7 cm³/mol. The Morgan fingerprint density at radius 1 is 1.50 bits per heavy atom. The normalized spacial score (nSPS) is 11.3. The maximum atomic E-state index is 10.5. The maximum Gasteiger partial charge on any atom is 0.328 e. The summed E-state index contributed by atoms with van der Waals surface area (Å²) in [6, 6.07) is 3.54. The van der Waals surface area contributed by atoms with E-state index in [2.05, 4.69) is 9.97 Å². The summed E-state index contributed by atoms with van der Waals surface area (Å²) in [4.78, 5) is 17.5. The Kier molecular flexibility index (Phi) is 2.70. The molecule has 0 radical (unpaired) electrons. The molecule has 1 heterocycles. The summed E-state index contributed by atoms with van der Waals surface area (Å²) in [5.41, 5.74) is 2.74. The summed E-state index contributed by atoms with van der Waals surface area (Å²) in [5.74, 6) is -1.03. The average Bonchev–Trinajstić information content (AvgIpc) is 2.73. The van der Waals surface area contributed by atoms with Gasteiger partial charge >= 0.3 is 5.97 Å². The van der Waals surface area contributed by atoms with Crippen molar-refractivity contribution < 1.29 is 15.0 Å². The van der Waals surface area contributed by atoms with Crippen LogP contribution in [0.25, 0.3) is 17.1 Å². The number of fused-ring (bicyclic) bond motifs is 1. The van der Waals surface area contributed by atoms with Gasteiger partial charge in [0.15, 0.2) is 0 Å². The van der Waals surface area contributed by atoms with Crippen molar-refractivity contribution in [3.05, 3.63) is 35.7 Å². The number of carbonyl (C=O) groups is 1. The van der Waals surface area contributed by atoms with E-state index in [4.69, 9.17) is 10.2 Å². The molecule has 0 aliphatic rings. The minimum absolute atomic E-state index is 0.151. The number of carboxylic acid groups (broad SMARTS) is 1. The lowest BCUT2D eigenvalue weighted by atomic mass is 10.1. The van der Waals surface area contributed by atoms with E-state index in [0.717, 1.165) is 11.6 Å². The first-order chi connectivity index (χ1) is 7.72. The van der Waals surface area contributed by atoms with Gasteiger partial charge < -0.3 is 15.2 Å². The molecule has 2 rings (SSSR count). The highest BCUT2D eigenvalue weighted by Crippen LogP contribution is 2.21. The van der Waals surface area contributed by atoms with Crippen molar-refractivity contribution in [2.45, 2.75) is 6.61 Å². The van der Waals surface area contributed by atoms with Crippen LogP contribution < -0.4 is 0 Å². The number of aliphatic hydroxyl groups is 1. The molecule has 0 saturated carbocycles. The fraction of sp³-hybridized carbons (Fsp3) is 0.0909. The highest BCUT2D eigenvalue weighted by Gasteiger charge is 2.06. The number of aromatic amines is 1. The molecule has 0 bridgehead atoms. The van der Waals surface area contributed by atoms with Crippen molar-refractivity contribution in [1.82, 2.24) is 9.97 Å².